The minimum Gasteiger partial charge on any atom is -0.389 e. The predicted molar refractivity (Wildman–Crippen MR) is 71.1 cm³/mol. The monoisotopic (exact) mass is 241 g/mol. The highest BCUT2D eigenvalue weighted by atomic mass is 16.5. The van der Waals surface area contributed by atoms with Crippen LogP contribution in [0.2, 0.25) is 0 Å². The molecule has 3 heteroatoms. The molecule has 0 bridgehead atoms. The third kappa shape index (κ3) is 6.81. The second-order valence-corrected chi connectivity index (χ2v) is 5.47. The number of aliphatic hydroxyl groups excluding tert-OH is 1. The van der Waals surface area contributed by atoms with Crippen LogP contribution in [-0.4, -0.2) is 37.0 Å². The second kappa shape index (κ2) is 7.85. The lowest BCUT2D eigenvalue weighted by molar-refractivity contribution is -0.0304. The molecule has 0 saturated heterocycles. The van der Waals surface area contributed by atoms with E-state index in [2.05, 4.69) is 18.8 Å². The summed E-state index contributed by atoms with van der Waals surface area (Å²) in [6.07, 6.45) is 4.82. The van der Waals surface area contributed by atoms with Crippen molar-refractivity contribution < 1.29 is 9.84 Å². The van der Waals surface area contributed by atoms with Gasteiger partial charge in [-0.05, 0) is 25.7 Å². The zero-order valence-electron chi connectivity index (χ0n) is 11.2. The lowest BCUT2D eigenvalue weighted by Crippen LogP contribution is -2.33. The molecular weight excluding hydrogens is 214 g/mol. The zero-order valence-corrected chi connectivity index (χ0v) is 11.2. The van der Waals surface area contributed by atoms with Gasteiger partial charge in [0.15, 0.2) is 0 Å². The Bertz CT molecular complexity index is 230. The maximum Gasteiger partial charge on any atom is 0.0897 e. The van der Waals surface area contributed by atoms with Crippen molar-refractivity contribution in [3.05, 3.63) is 12.2 Å². The van der Waals surface area contributed by atoms with E-state index >= 15 is 0 Å². The van der Waals surface area contributed by atoms with Crippen LogP contribution in [0.4, 0.5) is 0 Å². The van der Waals surface area contributed by atoms with Gasteiger partial charge in [-0.1, -0.05) is 31.9 Å². The van der Waals surface area contributed by atoms with E-state index in [4.69, 9.17) is 4.74 Å². The Morgan fingerprint density at radius 2 is 2.29 bits per heavy atom. The highest BCUT2D eigenvalue weighted by Crippen LogP contribution is 2.25. The number of hydrogen-bond donors (Lipinski definition) is 2. The first-order valence-corrected chi connectivity index (χ1v) is 6.72. The number of rotatable bonds is 7. The fourth-order valence-corrected chi connectivity index (χ4v) is 2.29. The van der Waals surface area contributed by atoms with Gasteiger partial charge >= 0.3 is 0 Å². The van der Waals surface area contributed by atoms with Crippen LogP contribution in [0.5, 0.6) is 0 Å². The van der Waals surface area contributed by atoms with Crippen LogP contribution in [0.1, 0.15) is 39.5 Å². The van der Waals surface area contributed by atoms with Crippen LogP contribution in [-0.2, 0) is 4.74 Å². The van der Waals surface area contributed by atoms with Gasteiger partial charge in [-0.2, -0.15) is 0 Å². The van der Waals surface area contributed by atoms with Crippen molar-refractivity contribution in [3.63, 3.8) is 0 Å². The summed E-state index contributed by atoms with van der Waals surface area (Å²) in [4.78, 5) is 0. The van der Waals surface area contributed by atoms with Crippen molar-refractivity contribution >= 4 is 0 Å². The van der Waals surface area contributed by atoms with E-state index in [-0.39, 0.29) is 0 Å². The third-order valence-electron chi connectivity index (χ3n) is 3.22. The van der Waals surface area contributed by atoms with Gasteiger partial charge in [0.05, 0.1) is 18.8 Å². The molecule has 0 aromatic rings. The van der Waals surface area contributed by atoms with Crippen molar-refractivity contribution in [1.29, 1.82) is 0 Å². The van der Waals surface area contributed by atoms with Crippen LogP contribution in [0.15, 0.2) is 12.2 Å². The largest absolute Gasteiger partial charge is 0.389 e. The summed E-state index contributed by atoms with van der Waals surface area (Å²) in [5.74, 6) is 0.771. The van der Waals surface area contributed by atoms with Crippen LogP contribution in [0.3, 0.4) is 0 Å². The lowest BCUT2D eigenvalue weighted by atomic mass is 9.89. The Morgan fingerprint density at radius 1 is 1.53 bits per heavy atom. The smallest absolute Gasteiger partial charge is 0.0897 e. The standard InChI is InChI=1S/C14H27NO2/c1-11(2)8-15-9-13(16)10-17-14-6-4-5-12(3)7-14/h12-16H,1,4-10H2,2-3H3. The van der Waals surface area contributed by atoms with E-state index in [1.54, 1.807) is 0 Å². The molecule has 1 fully saturated rings. The zero-order chi connectivity index (χ0) is 12.7. The molecule has 3 unspecified atom stereocenters. The summed E-state index contributed by atoms with van der Waals surface area (Å²) in [7, 11) is 0. The van der Waals surface area contributed by atoms with Crippen molar-refractivity contribution in [1.82, 2.24) is 5.32 Å². The van der Waals surface area contributed by atoms with Crippen molar-refractivity contribution in [2.24, 2.45) is 5.92 Å². The minimum absolute atomic E-state index is 0.356. The van der Waals surface area contributed by atoms with Gasteiger partial charge in [0.2, 0.25) is 0 Å². The lowest BCUT2D eigenvalue weighted by Gasteiger charge is -2.27. The average molecular weight is 241 g/mol. The van der Waals surface area contributed by atoms with Crippen LogP contribution in [0.25, 0.3) is 0 Å². The summed E-state index contributed by atoms with van der Waals surface area (Å²) in [6.45, 7) is 9.84. The first kappa shape index (κ1) is 14.7. The van der Waals surface area contributed by atoms with E-state index in [1.165, 1.54) is 12.8 Å². The van der Waals surface area contributed by atoms with Gasteiger partial charge in [0.1, 0.15) is 0 Å². The molecular formula is C14H27NO2. The summed E-state index contributed by atoms with van der Waals surface area (Å²) >= 11 is 0. The molecule has 1 rings (SSSR count). The number of nitrogens with one attached hydrogen (secondary N) is 1. The minimum atomic E-state index is -0.411. The molecule has 100 valence electrons. The Labute approximate surface area is 105 Å². The molecule has 1 aliphatic rings. The van der Waals surface area contributed by atoms with Crippen LogP contribution >= 0.6 is 0 Å². The van der Waals surface area contributed by atoms with E-state index < -0.39 is 6.10 Å². The molecule has 3 nitrogen and oxygen atoms in total. The van der Waals surface area contributed by atoms with Crippen molar-refractivity contribution in [3.8, 4) is 0 Å². The van der Waals surface area contributed by atoms with Gasteiger partial charge in [-0.25, -0.2) is 0 Å². The van der Waals surface area contributed by atoms with Gasteiger partial charge in [-0.3, -0.25) is 0 Å². The fraction of sp³-hybridized carbons (Fsp3) is 0.857. The van der Waals surface area contributed by atoms with Gasteiger partial charge < -0.3 is 15.2 Å². The molecule has 1 aliphatic carbocycles. The van der Waals surface area contributed by atoms with Gasteiger partial charge in [0.25, 0.3) is 0 Å². The first-order chi connectivity index (χ1) is 8.08. The molecule has 0 aromatic heterocycles. The van der Waals surface area contributed by atoms with E-state index in [0.29, 0.717) is 19.3 Å². The molecule has 0 amide bonds. The molecule has 0 radical (unpaired) electrons. The molecule has 0 aromatic carbocycles. The Balaban J connectivity index is 2.06. The topological polar surface area (TPSA) is 41.5 Å². The Hall–Kier alpha value is -0.380. The maximum absolute atomic E-state index is 9.74. The number of aliphatic hydroxyl groups is 1. The Morgan fingerprint density at radius 3 is 2.94 bits per heavy atom. The quantitative estimate of drug-likeness (QED) is 0.671. The van der Waals surface area contributed by atoms with Crippen molar-refractivity contribution in [2.75, 3.05) is 19.7 Å². The summed E-state index contributed by atoms with van der Waals surface area (Å²) in [6, 6.07) is 0. The second-order valence-electron chi connectivity index (χ2n) is 5.47. The molecule has 2 N–H and O–H groups in total. The third-order valence-corrected chi connectivity index (χ3v) is 3.22. The predicted octanol–water partition coefficient (Wildman–Crippen LogP) is 2.11. The highest BCUT2D eigenvalue weighted by Gasteiger charge is 2.20. The average Bonchev–Trinajstić information content (AvgIpc) is 2.26. The number of ether oxygens (including phenoxy) is 1. The molecule has 0 spiro atoms. The first-order valence-electron chi connectivity index (χ1n) is 6.72. The van der Waals surface area contributed by atoms with Crippen LogP contribution < -0.4 is 5.32 Å². The molecule has 0 aliphatic heterocycles. The molecule has 0 heterocycles. The summed E-state index contributed by atoms with van der Waals surface area (Å²) in [5.41, 5.74) is 1.08. The Kier molecular flexibility index (Phi) is 6.78. The maximum atomic E-state index is 9.74. The summed E-state index contributed by atoms with van der Waals surface area (Å²) in [5, 5.41) is 12.9. The number of hydrogen-bond acceptors (Lipinski definition) is 3. The molecule has 17 heavy (non-hydrogen) atoms. The van der Waals surface area contributed by atoms with E-state index in [9.17, 15) is 5.11 Å². The van der Waals surface area contributed by atoms with Crippen LogP contribution in [0, 0.1) is 5.92 Å². The summed E-state index contributed by atoms with van der Waals surface area (Å²) < 4.78 is 5.76. The van der Waals surface area contributed by atoms with Gasteiger partial charge in [-0.15, -0.1) is 0 Å². The fourth-order valence-electron chi connectivity index (χ4n) is 2.29. The SMILES string of the molecule is C=C(C)CNCC(O)COC1CCCC(C)C1. The normalized spacial score (nSPS) is 26.8. The van der Waals surface area contributed by atoms with E-state index in [0.717, 1.165) is 30.9 Å². The van der Waals surface area contributed by atoms with E-state index in [1.807, 2.05) is 6.92 Å². The van der Waals surface area contributed by atoms with Gasteiger partial charge in [0, 0.05) is 13.1 Å². The molecule has 1 saturated carbocycles. The molecule has 3 atom stereocenters. The highest BCUT2D eigenvalue weighted by molar-refractivity contribution is 4.90. The van der Waals surface area contributed by atoms with Crippen molar-refractivity contribution in [2.45, 2.75) is 51.7 Å².